The van der Waals surface area contributed by atoms with E-state index in [-0.39, 0.29) is 18.4 Å². The van der Waals surface area contributed by atoms with Crippen molar-refractivity contribution in [1.82, 2.24) is 10.2 Å². The average Bonchev–Trinajstić information content (AvgIpc) is 3.22. The molecule has 0 spiro atoms. The van der Waals surface area contributed by atoms with Crippen LogP contribution in [0.2, 0.25) is 10.0 Å². The van der Waals surface area contributed by atoms with Crippen LogP contribution in [0, 0.1) is 11.3 Å². The quantitative estimate of drug-likeness (QED) is 0.753. The summed E-state index contributed by atoms with van der Waals surface area (Å²) in [5.41, 5.74) is 1.13. The van der Waals surface area contributed by atoms with Gasteiger partial charge in [0.25, 0.3) is 5.91 Å². The smallest absolute Gasteiger partial charge is 0.256 e. The van der Waals surface area contributed by atoms with E-state index >= 15 is 0 Å². The monoisotopic (exact) mass is 431 g/mol. The number of ether oxygens (including phenoxy) is 1. The Balaban J connectivity index is 1.65. The third-order valence-corrected chi connectivity index (χ3v) is 5.21. The zero-order valence-electron chi connectivity index (χ0n) is 15.5. The lowest BCUT2D eigenvalue weighted by molar-refractivity contribution is -0.125. The molecule has 1 aliphatic heterocycles. The van der Waals surface area contributed by atoms with Gasteiger partial charge in [-0.1, -0.05) is 35.3 Å². The first kappa shape index (κ1) is 21.0. The van der Waals surface area contributed by atoms with Gasteiger partial charge in [0.15, 0.2) is 6.61 Å². The highest BCUT2D eigenvalue weighted by Crippen LogP contribution is 2.26. The minimum atomic E-state index is -0.560. The fourth-order valence-electron chi connectivity index (χ4n) is 3.27. The summed E-state index contributed by atoms with van der Waals surface area (Å²) in [6.45, 7) is 0.733. The van der Waals surface area contributed by atoms with Crippen molar-refractivity contribution in [2.24, 2.45) is 0 Å². The lowest BCUT2D eigenvalue weighted by atomic mass is 10.1. The Morgan fingerprint density at radius 3 is 2.86 bits per heavy atom. The van der Waals surface area contributed by atoms with E-state index in [1.807, 2.05) is 12.1 Å². The molecule has 0 bridgehead atoms. The Morgan fingerprint density at radius 1 is 1.24 bits per heavy atom. The molecule has 2 aromatic rings. The maximum Gasteiger partial charge on any atom is 0.256 e. The van der Waals surface area contributed by atoms with Crippen LogP contribution in [-0.4, -0.2) is 35.9 Å². The number of amides is 2. The Kier molecular flexibility index (Phi) is 6.97. The van der Waals surface area contributed by atoms with Gasteiger partial charge < -0.3 is 15.0 Å². The summed E-state index contributed by atoms with van der Waals surface area (Å²) in [7, 11) is 0. The standard InChI is InChI=1S/C21H19Cl2N3O3/c22-15-6-7-18(23)17(12-15)21(28)26-9-2-5-19(26)20(27)25-13-14-3-1-4-16(11-14)29-10-8-24/h1,3-4,6-7,11-12,19H,2,5,9-10,13H2,(H,25,27). The lowest BCUT2D eigenvalue weighted by Crippen LogP contribution is -2.45. The Labute approximate surface area is 179 Å². The number of nitrogens with zero attached hydrogens (tertiary/aromatic N) is 2. The number of hydrogen-bond acceptors (Lipinski definition) is 4. The molecule has 6 nitrogen and oxygen atoms in total. The average molecular weight is 432 g/mol. The fourth-order valence-corrected chi connectivity index (χ4v) is 3.64. The molecule has 2 aromatic carbocycles. The summed E-state index contributed by atoms with van der Waals surface area (Å²) in [5, 5.41) is 12.2. The molecule has 0 radical (unpaired) electrons. The van der Waals surface area contributed by atoms with Crippen LogP contribution in [0.5, 0.6) is 5.75 Å². The predicted molar refractivity (Wildman–Crippen MR) is 110 cm³/mol. The summed E-state index contributed by atoms with van der Waals surface area (Å²) < 4.78 is 5.27. The number of benzene rings is 2. The molecule has 1 saturated heterocycles. The minimum Gasteiger partial charge on any atom is -0.479 e. The fraction of sp³-hybridized carbons (Fsp3) is 0.286. The molecule has 1 unspecified atom stereocenters. The molecule has 0 saturated carbocycles. The molecule has 8 heteroatoms. The largest absolute Gasteiger partial charge is 0.479 e. The third-order valence-electron chi connectivity index (χ3n) is 4.64. The highest BCUT2D eigenvalue weighted by Gasteiger charge is 2.35. The van der Waals surface area contributed by atoms with Crippen molar-refractivity contribution in [2.75, 3.05) is 13.2 Å². The van der Waals surface area contributed by atoms with Gasteiger partial charge in [0.1, 0.15) is 17.9 Å². The molecule has 2 amide bonds. The van der Waals surface area contributed by atoms with Gasteiger partial charge in [-0.15, -0.1) is 0 Å². The van der Waals surface area contributed by atoms with Crippen molar-refractivity contribution in [2.45, 2.75) is 25.4 Å². The zero-order chi connectivity index (χ0) is 20.8. The number of carbonyl (C=O) groups is 2. The number of nitriles is 1. The molecule has 1 aliphatic rings. The van der Waals surface area contributed by atoms with Crippen molar-refractivity contribution in [1.29, 1.82) is 5.26 Å². The molecule has 3 rings (SSSR count). The van der Waals surface area contributed by atoms with Crippen LogP contribution in [0.1, 0.15) is 28.8 Å². The van der Waals surface area contributed by atoms with E-state index in [4.69, 9.17) is 33.2 Å². The van der Waals surface area contributed by atoms with E-state index in [1.165, 1.54) is 6.07 Å². The summed E-state index contributed by atoms with van der Waals surface area (Å²) in [6, 6.07) is 13.2. The van der Waals surface area contributed by atoms with Gasteiger partial charge in [0.2, 0.25) is 5.91 Å². The van der Waals surface area contributed by atoms with Gasteiger partial charge in [0, 0.05) is 18.1 Å². The first-order chi connectivity index (χ1) is 14.0. The topological polar surface area (TPSA) is 82.4 Å². The molecule has 150 valence electrons. The molecule has 29 heavy (non-hydrogen) atoms. The van der Waals surface area contributed by atoms with Crippen LogP contribution < -0.4 is 10.1 Å². The maximum atomic E-state index is 12.9. The lowest BCUT2D eigenvalue weighted by Gasteiger charge is -2.24. The van der Waals surface area contributed by atoms with Crippen molar-refractivity contribution in [3.05, 3.63) is 63.6 Å². The van der Waals surface area contributed by atoms with E-state index in [0.29, 0.717) is 40.9 Å². The van der Waals surface area contributed by atoms with E-state index in [9.17, 15) is 9.59 Å². The highest BCUT2D eigenvalue weighted by molar-refractivity contribution is 6.35. The first-order valence-corrected chi connectivity index (χ1v) is 9.87. The molecular formula is C21H19Cl2N3O3. The van der Waals surface area contributed by atoms with Gasteiger partial charge in [-0.05, 0) is 48.7 Å². The normalized spacial score (nSPS) is 15.6. The van der Waals surface area contributed by atoms with Crippen molar-refractivity contribution in [3.8, 4) is 11.8 Å². The maximum absolute atomic E-state index is 12.9. The van der Waals surface area contributed by atoms with E-state index in [1.54, 1.807) is 35.2 Å². The van der Waals surface area contributed by atoms with Crippen molar-refractivity contribution < 1.29 is 14.3 Å². The molecule has 0 aliphatic carbocycles. The number of hydrogen-bond donors (Lipinski definition) is 1. The number of likely N-dealkylation sites (tertiary alicyclic amines) is 1. The van der Waals surface area contributed by atoms with Crippen LogP contribution in [0.4, 0.5) is 0 Å². The van der Waals surface area contributed by atoms with Crippen LogP contribution in [0.25, 0.3) is 0 Å². The number of carbonyl (C=O) groups excluding carboxylic acids is 2. The summed E-state index contributed by atoms with van der Waals surface area (Å²) in [5.74, 6) is 0.0333. The van der Waals surface area contributed by atoms with Crippen molar-refractivity contribution in [3.63, 3.8) is 0 Å². The number of halogens is 2. The first-order valence-electron chi connectivity index (χ1n) is 9.12. The second-order valence-electron chi connectivity index (χ2n) is 6.59. The molecule has 1 N–H and O–H groups in total. The highest BCUT2D eigenvalue weighted by atomic mass is 35.5. The van der Waals surface area contributed by atoms with E-state index in [2.05, 4.69) is 5.32 Å². The van der Waals surface area contributed by atoms with Gasteiger partial charge in [0.05, 0.1) is 10.6 Å². The third kappa shape index (κ3) is 5.20. The summed E-state index contributed by atoms with van der Waals surface area (Å²) in [4.78, 5) is 27.2. The van der Waals surface area contributed by atoms with Crippen LogP contribution >= 0.6 is 23.2 Å². The van der Waals surface area contributed by atoms with Gasteiger partial charge >= 0.3 is 0 Å². The molecule has 1 fully saturated rings. The Bertz CT molecular complexity index is 958. The Morgan fingerprint density at radius 2 is 2.07 bits per heavy atom. The number of rotatable bonds is 6. The molecular weight excluding hydrogens is 413 g/mol. The predicted octanol–water partition coefficient (Wildman–Crippen LogP) is 3.82. The Hall–Kier alpha value is -2.75. The zero-order valence-corrected chi connectivity index (χ0v) is 17.0. The summed E-state index contributed by atoms with van der Waals surface area (Å²) in [6.07, 6.45) is 1.32. The van der Waals surface area contributed by atoms with E-state index < -0.39 is 6.04 Å². The number of nitrogens with one attached hydrogen (secondary N) is 1. The van der Waals surface area contributed by atoms with Crippen molar-refractivity contribution >= 4 is 35.0 Å². The second kappa shape index (κ2) is 9.64. The van der Waals surface area contributed by atoms with Gasteiger partial charge in [-0.2, -0.15) is 5.26 Å². The van der Waals surface area contributed by atoms with Gasteiger partial charge in [-0.3, -0.25) is 9.59 Å². The van der Waals surface area contributed by atoms with Crippen LogP contribution in [0.15, 0.2) is 42.5 Å². The van der Waals surface area contributed by atoms with E-state index in [0.717, 1.165) is 12.0 Å². The van der Waals surface area contributed by atoms with Crippen LogP contribution in [-0.2, 0) is 11.3 Å². The second-order valence-corrected chi connectivity index (χ2v) is 7.44. The SMILES string of the molecule is N#CCOc1cccc(CNC(=O)C2CCCN2C(=O)c2cc(Cl)ccc2Cl)c1. The summed E-state index contributed by atoms with van der Waals surface area (Å²) >= 11 is 12.1. The van der Waals surface area contributed by atoms with Gasteiger partial charge in [-0.25, -0.2) is 0 Å². The van der Waals surface area contributed by atoms with Crippen LogP contribution in [0.3, 0.4) is 0 Å². The minimum absolute atomic E-state index is 0.0407. The molecule has 0 aromatic heterocycles. The molecule has 1 heterocycles. The molecule has 1 atom stereocenters.